The molecule has 2 rings (SSSR count). The Bertz CT molecular complexity index is 519. The van der Waals surface area contributed by atoms with Crippen molar-refractivity contribution < 1.29 is 9.72 Å². The summed E-state index contributed by atoms with van der Waals surface area (Å²) in [6.45, 7) is 2.76. The van der Waals surface area contributed by atoms with E-state index in [0.717, 1.165) is 0 Å². The molecular formula is C11H15N5O3. The van der Waals surface area contributed by atoms with Crippen LogP contribution in [0.15, 0.2) is 12.1 Å². The number of anilines is 2. The van der Waals surface area contributed by atoms with Crippen LogP contribution in [0.5, 0.6) is 0 Å². The van der Waals surface area contributed by atoms with Crippen molar-refractivity contribution in [2.75, 3.05) is 23.7 Å². The Morgan fingerprint density at radius 2 is 2.37 bits per heavy atom. The molecule has 0 radical (unpaired) electrons. The Morgan fingerprint density at radius 1 is 1.63 bits per heavy atom. The van der Waals surface area contributed by atoms with Crippen molar-refractivity contribution in [1.29, 1.82) is 0 Å². The lowest BCUT2D eigenvalue weighted by Gasteiger charge is -2.34. The lowest BCUT2D eigenvalue weighted by atomic mass is 10.1. The molecule has 1 aromatic rings. The number of nitrogens with two attached hydrogens (primary N) is 1. The molecule has 3 N–H and O–H groups in total. The second-order valence-electron chi connectivity index (χ2n) is 4.24. The Labute approximate surface area is 109 Å². The van der Waals surface area contributed by atoms with Gasteiger partial charge in [0.2, 0.25) is 11.7 Å². The number of amides is 1. The highest BCUT2D eigenvalue weighted by atomic mass is 16.6. The summed E-state index contributed by atoms with van der Waals surface area (Å²) in [5.41, 5.74) is 5.46. The number of piperazine rings is 1. The molecule has 2 heterocycles. The van der Waals surface area contributed by atoms with Gasteiger partial charge in [-0.25, -0.2) is 4.98 Å². The molecular weight excluding hydrogens is 250 g/mol. The number of hydrogen-bond donors (Lipinski definition) is 2. The van der Waals surface area contributed by atoms with Crippen molar-refractivity contribution in [3.05, 3.63) is 22.2 Å². The first-order valence-corrected chi connectivity index (χ1v) is 6.00. The van der Waals surface area contributed by atoms with E-state index in [2.05, 4.69) is 10.3 Å². The molecule has 102 valence electrons. The number of nitrogen functional groups attached to an aromatic ring is 1. The monoisotopic (exact) mass is 265 g/mol. The Balaban J connectivity index is 2.46. The zero-order valence-corrected chi connectivity index (χ0v) is 10.5. The van der Waals surface area contributed by atoms with Crippen LogP contribution in [0, 0.1) is 10.1 Å². The number of nitrogens with one attached hydrogen (secondary N) is 1. The van der Waals surface area contributed by atoms with Crippen molar-refractivity contribution in [3.63, 3.8) is 0 Å². The summed E-state index contributed by atoms with van der Waals surface area (Å²) in [7, 11) is 0. The zero-order valence-electron chi connectivity index (χ0n) is 10.5. The van der Waals surface area contributed by atoms with Crippen molar-refractivity contribution >= 4 is 23.2 Å². The van der Waals surface area contributed by atoms with Gasteiger partial charge in [-0.05, 0) is 12.5 Å². The average Bonchev–Trinajstić information content (AvgIpc) is 2.37. The minimum Gasteiger partial charge on any atom is -0.384 e. The minimum absolute atomic E-state index is 0.137. The molecule has 8 heteroatoms. The van der Waals surface area contributed by atoms with Crippen LogP contribution < -0.4 is 16.0 Å². The molecule has 0 spiro atoms. The van der Waals surface area contributed by atoms with Crippen LogP contribution in [0.3, 0.4) is 0 Å². The number of carbonyl (C=O) groups is 1. The molecule has 1 atom stereocenters. The molecule has 0 bridgehead atoms. The highest BCUT2D eigenvalue weighted by molar-refractivity contribution is 5.87. The Hall–Kier alpha value is -2.38. The van der Waals surface area contributed by atoms with Gasteiger partial charge in [-0.3, -0.25) is 14.9 Å². The van der Waals surface area contributed by atoms with Gasteiger partial charge < -0.3 is 16.0 Å². The average molecular weight is 265 g/mol. The normalized spacial score (nSPS) is 19.1. The summed E-state index contributed by atoms with van der Waals surface area (Å²) in [6.07, 6.45) is 0.541. The van der Waals surface area contributed by atoms with E-state index in [4.69, 9.17) is 5.73 Å². The third-order valence-electron chi connectivity index (χ3n) is 3.06. The van der Waals surface area contributed by atoms with Gasteiger partial charge in [-0.2, -0.15) is 0 Å². The van der Waals surface area contributed by atoms with E-state index < -0.39 is 11.0 Å². The molecule has 1 amide bonds. The second-order valence-corrected chi connectivity index (χ2v) is 4.24. The largest absolute Gasteiger partial charge is 0.384 e. The molecule has 1 aromatic heterocycles. The Morgan fingerprint density at radius 3 is 3.00 bits per heavy atom. The van der Waals surface area contributed by atoms with E-state index >= 15 is 0 Å². The maximum atomic E-state index is 11.8. The zero-order chi connectivity index (χ0) is 14.0. The number of rotatable bonds is 3. The maximum Gasteiger partial charge on any atom is 0.311 e. The topological polar surface area (TPSA) is 114 Å². The van der Waals surface area contributed by atoms with Gasteiger partial charge >= 0.3 is 5.69 Å². The van der Waals surface area contributed by atoms with Gasteiger partial charge in [0.15, 0.2) is 0 Å². The van der Waals surface area contributed by atoms with Gasteiger partial charge in [0.05, 0.1) is 4.92 Å². The number of nitro groups is 1. The van der Waals surface area contributed by atoms with E-state index in [1.165, 1.54) is 12.1 Å². The van der Waals surface area contributed by atoms with Crippen LogP contribution >= 0.6 is 0 Å². The van der Waals surface area contributed by atoms with E-state index in [1.807, 2.05) is 6.92 Å². The molecule has 0 aliphatic carbocycles. The predicted octanol–water partition coefficient (Wildman–Crippen LogP) is 0.287. The quantitative estimate of drug-likeness (QED) is 0.599. The molecule has 1 unspecified atom stereocenters. The third-order valence-corrected chi connectivity index (χ3v) is 3.06. The standard InChI is InChI=1S/C11H15N5O3/c1-2-7-11(17)13-5-6-15(7)10-8(16(18)19)3-4-9(12)14-10/h3-4,7H,2,5-6H2,1H3,(H2,12,14)(H,13,17). The summed E-state index contributed by atoms with van der Waals surface area (Å²) < 4.78 is 0. The molecule has 1 aliphatic rings. The number of pyridine rings is 1. The van der Waals surface area contributed by atoms with Gasteiger partial charge in [-0.1, -0.05) is 6.92 Å². The molecule has 0 saturated carbocycles. The number of nitrogens with zero attached hydrogens (tertiary/aromatic N) is 3. The van der Waals surface area contributed by atoms with Gasteiger partial charge in [0.25, 0.3) is 0 Å². The number of aromatic nitrogens is 1. The van der Waals surface area contributed by atoms with Crippen LogP contribution in [0.2, 0.25) is 0 Å². The third kappa shape index (κ3) is 2.42. The first-order valence-electron chi connectivity index (χ1n) is 6.00. The van der Waals surface area contributed by atoms with Crippen LogP contribution in [-0.4, -0.2) is 34.9 Å². The molecule has 0 aromatic carbocycles. The predicted molar refractivity (Wildman–Crippen MR) is 69.7 cm³/mol. The Kier molecular flexibility index (Phi) is 3.50. The van der Waals surface area contributed by atoms with E-state index in [1.54, 1.807) is 4.90 Å². The minimum atomic E-state index is -0.513. The summed E-state index contributed by atoms with van der Waals surface area (Å²) in [4.78, 5) is 28.0. The van der Waals surface area contributed by atoms with Crippen LogP contribution in [0.4, 0.5) is 17.3 Å². The first kappa shape index (κ1) is 13.1. The van der Waals surface area contributed by atoms with Crippen LogP contribution in [0.25, 0.3) is 0 Å². The fourth-order valence-electron chi connectivity index (χ4n) is 2.18. The highest BCUT2D eigenvalue weighted by Gasteiger charge is 2.33. The summed E-state index contributed by atoms with van der Waals surface area (Å²) >= 11 is 0. The van der Waals surface area contributed by atoms with Gasteiger partial charge in [0, 0.05) is 19.2 Å². The summed E-state index contributed by atoms with van der Waals surface area (Å²) in [6, 6.07) is 2.24. The molecule has 1 fully saturated rings. The molecule has 1 saturated heterocycles. The second kappa shape index (κ2) is 5.09. The molecule has 8 nitrogen and oxygen atoms in total. The van der Waals surface area contributed by atoms with E-state index in [-0.39, 0.29) is 23.2 Å². The van der Waals surface area contributed by atoms with Gasteiger partial charge in [-0.15, -0.1) is 0 Å². The highest BCUT2D eigenvalue weighted by Crippen LogP contribution is 2.29. The summed E-state index contributed by atoms with van der Waals surface area (Å²) in [5, 5.41) is 13.8. The SMILES string of the molecule is CCC1C(=O)NCCN1c1nc(N)ccc1[N+](=O)[O-]. The van der Waals surface area contributed by atoms with Crippen molar-refractivity contribution in [1.82, 2.24) is 10.3 Å². The summed E-state index contributed by atoms with van der Waals surface area (Å²) in [5.74, 6) is 0.209. The van der Waals surface area contributed by atoms with Crippen molar-refractivity contribution in [2.45, 2.75) is 19.4 Å². The number of hydrogen-bond acceptors (Lipinski definition) is 6. The lowest BCUT2D eigenvalue weighted by Crippen LogP contribution is -2.55. The number of carbonyl (C=O) groups excluding carboxylic acids is 1. The molecule has 1 aliphatic heterocycles. The van der Waals surface area contributed by atoms with Crippen LogP contribution in [-0.2, 0) is 4.79 Å². The van der Waals surface area contributed by atoms with Crippen molar-refractivity contribution in [3.8, 4) is 0 Å². The molecule has 19 heavy (non-hydrogen) atoms. The lowest BCUT2D eigenvalue weighted by molar-refractivity contribution is -0.384. The first-order chi connectivity index (χ1) is 9.04. The van der Waals surface area contributed by atoms with Crippen LogP contribution in [0.1, 0.15) is 13.3 Å². The fourth-order valence-corrected chi connectivity index (χ4v) is 2.18. The van der Waals surface area contributed by atoms with E-state index in [9.17, 15) is 14.9 Å². The van der Waals surface area contributed by atoms with Crippen molar-refractivity contribution in [2.24, 2.45) is 0 Å². The smallest absolute Gasteiger partial charge is 0.311 e. The fraction of sp³-hybridized carbons (Fsp3) is 0.455. The van der Waals surface area contributed by atoms with Gasteiger partial charge in [0.1, 0.15) is 11.9 Å². The van der Waals surface area contributed by atoms with E-state index in [0.29, 0.717) is 19.5 Å². The maximum absolute atomic E-state index is 11.8.